The summed E-state index contributed by atoms with van der Waals surface area (Å²) in [6.45, 7) is 9.44. The summed E-state index contributed by atoms with van der Waals surface area (Å²) in [5, 5.41) is 21.5. The molecule has 14 N–H and O–H groups in total. The average Bonchev–Trinajstić information content (AvgIpc) is 1.69. The number of H-pyrrole nitrogens is 4. The Labute approximate surface area is 667 Å². The van der Waals surface area contributed by atoms with Gasteiger partial charge in [-0.05, 0) is 153 Å². The summed E-state index contributed by atoms with van der Waals surface area (Å²) in [6, 6.07) is 44.3. The van der Waals surface area contributed by atoms with Gasteiger partial charge >= 0.3 is 30.1 Å². The number of carbonyl (C=O) groups is 4. The van der Waals surface area contributed by atoms with E-state index in [0.29, 0.717) is 95.5 Å². The summed E-state index contributed by atoms with van der Waals surface area (Å²) < 4.78 is 17.1. The molecule has 0 saturated carbocycles. The van der Waals surface area contributed by atoms with Gasteiger partial charge in [0.15, 0.2) is 0 Å². The molecule has 0 atom stereocenters. The minimum atomic E-state index is -0.343. The highest BCUT2D eigenvalue weighted by molar-refractivity contribution is 6.02. The van der Waals surface area contributed by atoms with Gasteiger partial charge < -0.3 is 65.7 Å². The molecule has 0 bridgehead atoms. The van der Waals surface area contributed by atoms with Crippen LogP contribution in [0, 0.1) is 0 Å². The van der Waals surface area contributed by atoms with E-state index >= 15 is 0 Å². The second kappa shape index (κ2) is 36.8. The number of aromatic amines is 4. The molecule has 16 aromatic rings. The van der Waals surface area contributed by atoms with Crippen LogP contribution in [-0.4, -0.2) is 161 Å². The van der Waals surface area contributed by atoms with Crippen molar-refractivity contribution in [3.05, 3.63) is 212 Å². The van der Waals surface area contributed by atoms with E-state index in [2.05, 4.69) is 127 Å². The third-order valence-corrected chi connectivity index (χ3v) is 17.5. The zero-order valence-corrected chi connectivity index (χ0v) is 64.5. The van der Waals surface area contributed by atoms with Gasteiger partial charge in [-0.1, -0.05) is 30.3 Å². The fourth-order valence-corrected chi connectivity index (χ4v) is 12.1. The number of anilines is 5. The predicted molar refractivity (Wildman–Crippen MR) is 448 cm³/mol. The molecule has 0 saturated heterocycles. The van der Waals surface area contributed by atoms with E-state index in [-0.39, 0.29) is 35.6 Å². The van der Waals surface area contributed by atoms with Crippen LogP contribution in [0.1, 0.15) is 27.7 Å². The molecule has 35 nitrogen and oxygen atoms in total. The number of nitrogens with one attached hydrogen (secondary N) is 12. The van der Waals surface area contributed by atoms with Crippen molar-refractivity contribution in [2.45, 2.75) is 27.7 Å². The second-order valence-corrected chi connectivity index (χ2v) is 25.4. The average molecular weight is 1570 g/mol. The molecule has 35 heteroatoms. The highest BCUT2D eigenvalue weighted by Gasteiger charge is 2.21. The highest BCUT2D eigenvalue weighted by atomic mass is 16.5. The van der Waals surface area contributed by atoms with Gasteiger partial charge in [0.1, 0.15) is 0 Å². The zero-order valence-electron chi connectivity index (χ0n) is 64.5. The molecule has 0 aliphatic rings. The first-order valence-corrected chi connectivity index (χ1v) is 36.7. The first-order chi connectivity index (χ1) is 57.0. The largest absolute Gasteiger partial charge is 0.481 e. The zero-order chi connectivity index (χ0) is 81.9. The minimum absolute atomic E-state index is 0.0924. The summed E-state index contributed by atoms with van der Waals surface area (Å²) in [4.78, 5) is 129. The Morgan fingerprint density at radius 2 is 0.752 bits per heavy atom. The Kier molecular flexibility index (Phi) is 24.9. The van der Waals surface area contributed by atoms with Crippen LogP contribution in [-0.2, 0) is 7.05 Å². The lowest BCUT2D eigenvalue weighted by atomic mass is 10.0. The fourth-order valence-electron chi connectivity index (χ4n) is 12.1. The normalized spacial score (nSPS) is 10.7. The van der Waals surface area contributed by atoms with Crippen LogP contribution >= 0.6 is 0 Å². The monoisotopic (exact) mass is 1570 g/mol. The molecule has 12 heterocycles. The van der Waals surface area contributed by atoms with Crippen LogP contribution in [0.25, 0.3) is 134 Å². The van der Waals surface area contributed by atoms with E-state index in [1.807, 2.05) is 155 Å². The van der Waals surface area contributed by atoms with Crippen molar-refractivity contribution in [3.8, 4) is 107 Å². The molecular weight excluding hydrogens is 1490 g/mol. The van der Waals surface area contributed by atoms with Crippen molar-refractivity contribution in [1.82, 2.24) is 111 Å². The molecule has 4 aromatic carbocycles. The van der Waals surface area contributed by atoms with Gasteiger partial charge in [-0.2, -0.15) is 0 Å². The third kappa shape index (κ3) is 19.3. The van der Waals surface area contributed by atoms with Gasteiger partial charge in [0.25, 0.3) is 5.56 Å². The molecule has 0 unspecified atom stereocenters. The van der Waals surface area contributed by atoms with Gasteiger partial charge in [0.05, 0.1) is 88.2 Å². The van der Waals surface area contributed by atoms with Gasteiger partial charge in [0, 0.05) is 146 Å². The van der Waals surface area contributed by atoms with Crippen LogP contribution in [0.4, 0.5) is 48.9 Å². The number of fused-ring (bicyclic) bond motifs is 4. The van der Waals surface area contributed by atoms with Crippen LogP contribution in [0.5, 0.6) is 17.8 Å². The summed E-state index contributed by atoms with van der Waals surface area (Å²) >= 11 is 0. The number of carbonyl (C=O) groups excluding carboxylic acids is 4. The number of benzene rings is 4. The van der Waals surface area contributed by atoms with E-state index in [1.165, 1.54) is 11.7 Å². The number of hydrogen-bond donors (Lipinski definition) is 13. The quantitative estimate of drug-likeness (QED) is 0.0357. The molecule has 0 spiro atoms. The van der Waals surface area contributed by atoms with Crippen molar-refractivity contribution in [2.24, 2.45) is 7.05 Å². The number of aryl methyl sites for hydroxylation is 1. The van der Waals surface area contributed by atoms with Gasteiger partial charge in [-0.3, -0.25) is 41.0 Å². The number of hydrogen-bond acceptors (Lipinski definition) is 22. The van der Waals surface area contributed by atoms with Gasteiger partial charge in [-0.15, -0.1) is 0 Å². The number of rotatable bonds is 19. The number of ether oxygens (including phenoxy) is 3. The molecule has 16 rings (SSSR count). The van der Waals surface area contributed by atoms with Crippen LogP contribution in [0.15, 0.2) is 206 Å². The Morgan fingerprint density at radius 3 is 1.10 bits per heavy atom. The molecule has 12 aromatic heterocycles. The maximum Gasteiger partial charge on any atom is 0.321 e. The summed E-state index contributed by atoms with van der Waals surface area (Å²) in [5.41, 5.74) is 24.3. The van der Waals surface area contributed by atoms with E-state index in [1.54, 1.807) is 95.2 Å². The molecule has 0 aliphatic heterocycles. The van der Waals surface area contributed by atoms with E-state index in [4.69, 9.17) is 19.9 Å². The number of imidazole rings is 4. The number of methoxy groups -OCH3 is 3. The van der Waals surface area contributed by atoms with Crippen LogP contribution < -0.4 is 68.0 Å². The molecule has 117 heavy (non-hydrogen) atoms. The summed E-state index contributed by atoms with van der Waals surface area (Å²) in [5.74, 6) is 2.57. The fraction of sp³-hybridized carbons (Fsp3) is 0.146. The van der Waals surface area contributed by atoms with Crippen molar-refractivity contribution in [2.75, 3.05) is 74.5 Å². The van der Waals surface area contributed by atoms with Gasteiger partial charge in [0.2, 0.25) is 41.5 Å². The number of nitrogen functional groups attached to an aromatic ring is 1. The Morgan fingerprint density at radius 1 is 0.376 bits per heavy atom. The van der Waals surface area contributed by atoms with E-state index in [0.717, 1.165) is 106 Å². The maximum absolute atomic E-state index is 12.1. The lowest BCUT2D eigenvalue weighted by Gasteiger charge is -2.08. The minimum Gasteiger partial charge on any atom is -0.481 e. The predicted octanol–water partition coefficient (Wildman–Crippen LogP) is 13.0. The standard InChI is InChI=1S/2C21H20N6O2.C20H20N8O2.C20H19N7O2/c1-3-23-21(28)27-20-25-17-11-14(13-6-5-9-22-12-13)10-15(19(17)26-20)16-7-4-8-18(24-16)29-2;1-3-22-21(29)26-20-24-17-11-14(13-7-9-27(2)18(28)12-13)10-15(19(17)25-20)16-6-4-5-8-23-16;1-3-22-20(29)28-19-26-15-8-11(12-9-23-18(21)24-10-12)7-13(17(15)27-19)14-5-4-6-16(25-14)30-2;1-3-21-19(28)27-18-25-16-9-12(13-10-23-20(29-2)24-11-13)8-14(17(16)26-18)15-6-4-5-7-22-15/h4-12H,3H2,1-2H3,(H3,23,25,26,27,28);4-12H,3H2,1-2H3,(H3,22,24,25,26,29);4-10H,3H2,1-2H3,(H2,21,23,24)(H3,22,26,27,28,29);4-11H,3H2,1-2H3,(H3,21,25,26,27,28). The first-order valence-electron chi connectivity index (χ1n) is 36.7. The first kappa shape index (κ1) is 79.0. The van der Waals surface area contributed by atoms with Crippen molar-refractivity contribution >= 4 is 98.0 Å². The number of urea groups is 4. The van der Waals surface area contributed by atoms with Crippen LogP contribution in [0.2, 0.25) is 0 Å². The molecular formula is C82H79N27O8. The summed E-state index contributed by atoms with van der Waals surface area (Å²) in [7, 11) is 6.38. The number of aromatic nitrogens is 18. The van der Waals surface area contributed by atoms with Crippen molar-refractivity contribution in [1.29, 1.82) is 0 Å². The molecule has 590 valence electrons. The van der Waals surface area contributed by atoms with E-state index < -0.39 is 0 Å². The van der Waals surface area contributed by atoms with Crippen LogP contribution in [0.3, 0.4) is 0 Å². The number of amides is 8. The molecule has 0 fully saturated rings. The SMILES string of the molecule is CCNC(=O)Nc1nc2c(-c3cccc(OC)n3)cc(-c3cccnc3)cc2[nH]1.CCNC(=O)Nc1nc2c(-c3cccc(OC)n3)cc(-c3cnc(N)nc3)cc2[nH]1.CCNC(=O)Nc1nc2c(-c3ccccn3)cc(-c3ccn(C)c(=O)c3)cc2[nH]1.CCNC(=O)Nc1nc2c(-c3ccccn3)cc(-c3cnc(OC)nc3)cc2[nH]1. The van der Waals surface area contributed by atoms with E-state index in [9.17, 15) is 24.0 Å². The molecule has 0 radical (unpaired) electrons. The number of nitrogens with zero attached hydrogens (tertiary/aromatic N) is 14. The third-order valence-electron chi connectivity index (χ3n) is 17.5. The lowest BCUT2D eigenvalue weighted by Crippen LogP contribution is -2.28. The smallest absolute Gasteiger partial charge is 0.321 e. The van der Waals surface area contributed by atoms with Crippen molar-refractivity contribution < 1.29 is 33.4 Å². The van der Waals surface area contributed by atoms with Gasteiger partial charge in [-0.25, -0.2) is 69.0 Å². The maximum atomic E-state index is 12.1. The number of nitrogens with two attached hydrogens (primary N) is 1. The Hall–Kier alpha value is -16.1. The Balaban J connectivity index is 0.000000135. The molecule has 0 aliphatic carbocycles. The number of pyridine rings is 6. The topological polar surface area (TPSA) is 471 Å². The molecule has 8 amide bonds. The lowest BCUT2D eigenvalue weighted by molar-refractivity contribution is 0.251. The summed E-state index contributed by atoms with van der Waals surface area (Å²) in [6.07, 6.45) is 15.4. The van der Waals surface area contributed by atoms with Crippen molar-refractivity contribution in [3.63, 3.8) is 0 Å². The Bertz CT molecular complexity index is 6260. The highest BCUT2D eigenvalue weighted by Crippen LogP contribution is 2.38. The second-order valence-electron chi connectivity index (χ2n) is 25.4.